The second-order valence-corrected chi connectivity index (χ2v) is 14.8. The molecule has 0 N–H and O–H groups in total. The molecule has 6 atom stereocenters. The fourth-order valence-corrected chi connectivity index (χ4v) is 12.0. The molecule has 4 aliphatic carbocycles. The van der Waals surface area contributed by atoms with Crippen LogP contribution in [0.5, 0.6) is 0 Å². The number of hydrogen-bond donors (Lipinski definition) is 0. The van der Waals surface area contributed by atoms with Gasteiger partial charge in [0.25, 0.3) is 0 Å². The number of nitrogens with zero attached hydrogens (tertiary/aromatic N) is 1. The van der Waals surface area contributed by atoms with Crippen molar-refractivity contribution in [3.8, 4) is 0 Å². The lowest BCUT2D eigenvalue weighted by molar-refractivity contribution is -0.132. The van der Waals surface area contributed by atoms with Gasteiger partial charge in [0.1, 0.15) is 5.78 Å². The van der Waals surface area contributed by atoms with E-state index in [1.165, 1.54) is 48.4 Å². The molecular weight excluding hydrogens is 454 g/mol. The van der Waals surface area contributed by atoms with Gasteiger partial charge in [0.15, 0.2) is 0 Å². The Labute approximate surface area is 215 Å². The van der Waals surface area contributed by atoms with E-state index in [4.69, 9.17) is 0 Å². The molecule has 6 unspecified atom stereocenters. The molecule has 0 amide bonds. The molecule has 1 aliphatic heterocycles. The summed E-state index contributed by atoms with van der Waals surface area (Å²) in [5.41, 5.74) is 4.52. The zero-order valence-corrected chi connectivity index (χ0v) is 22.9. The Hall–Kier alpha value is -0.870. The first-order valence-corrected chi connectivity index (χ1v) is 15.8. The van der Waals surface area contributed by atoms with Crippen molar-refractivity contribution in [3.05, 3.63) is 41.5 Å². The average molecular weight is 496 g/mol. The summed E-state index contributed by atoms with van der Waals surface area (Å²) in [5, 5.41) is 0. The summed E-state index contributed by atoms with van der Waals surface area (Å²) < 4.78 is 0.381. The molecule has 4 fully saturated rings. The van der Waals surface area contributed by atoms with Crippen molar-refractivity contribution < 1.29 is 4.79 Å². The van der Waals surface area contributed by atoms with Crippen LogP contribution in [-0.4, -0.2) is 34.5 Å². The number of allylic oxidation sites excluding steroid dienone is 1. The monoisotopic (exact) mass is 495 g/mol. The van der Waals surface area contributed by atoms with E-state index in [-0.39, 0.29) is 5.41 Å². The molecule has 1 saturated heterocycles. The Kier molecular flexibility index (Phi) is 6.16. The maximum atomic E-state index is 13.2. The number of anilines is 1. The molecule has 3 saturated carbocycles. The minimum atomic E-state index is -0.0996. The topological polar surface area (TPSA) is 20.3 Å². The molecule has 0 aromatic heterocycles. The number of carbonyl (C=O) groups excluding carboxylic acids is 1. The lowest BCUT2D eigenvalue weighted by atomic mass is 9.48. The summed E-state index contributed by atoms with van der Waals surface area (Å²) in [6.07, 6.45) is 11.1. The SMILES string of the molecule is CCN(CC)c1ccc(C2CC3(C)C(=O)CCC3C3CCC4=CC5(CCC4C23)SCCS5)cc1. The molecule has 2 nitrogen and oxygen atoms in total. The predicted molar refractivity (Wildman–Crippen MR) is 148 cm³/mol. The van der Waals surface area contributed by atoms with E-state index in [2.05, 4.69) is 79.5 Å². The van der Waals surface area contributed by atoms with Crippen LogP contribution >= 0.6 is 23.5 Å². The van der Waals surface area contributed by atoms with Crippen molar-refractivity contribution in [2.45, 2.75) is 75.7 Å². The highest BCUT2D eigenvalue weighted by molar-refractivity contribution is 8.21. The molecule has 1 aromatic rings. The molecule has 0 radical (unpaired) electrons. The van der Waals surface area contributed by atoms with Crippen molar-refractivity contribution in [3.63, 3.8) is 0 Å². The highest BCUT2D eigenvalue weighted by Gasteiger charge is 2.60. The number of Topliss-reactive ketones (excluding diaryl/α,β-unsaturated/α-hetero) is 1. The predicted octanol–water partition coefficient (Wildman–Crippen LogP) is 7.54. The average Bonchev–Trinajstić information content (AvgIpc) is 3.43. The van der Waals surface area contributed by atoms with Gasteiger partial charge in [0, 0.05) is 42.1 Å². The highest BCUT2D eigenvalue weighted by Crippen LogP contribution is 2.66. The minimum Gasteiger partial charge on any atom is -0.372 e. The molecule has 1 aromatic carbocycles. The molecule has 0 bridgehead atoms. The standard InChI is InChI=1S/C30H41NOS2/c1-4-31(5-2)22-9-6-20(7-10-22)25-19-29(3)26(12-13-27(29)32)24-11-8-21-18-30(33-16-17-34-30)15-14-23(21)28(24)25/h6-7,9-10,18,23-26,28H,4-5,8,11-17,19H2,1-3H3. The summed E-state index contributed by atoms with van der Waals surface area (Å²) in [7, 11) is 0. The largest absolute Gasteiger partial charge is 0.372 e. The van der Waals surface area contributed by atoms with Gasteiger partial charge in [0.05, 0.1) is 4.08 Å². The van der Waals surface area contributed by atoms with E-state index in [9.17, 15) is 4.79 Å². The van der Waals surface area contributed by atoms with Crippen LogP contribution in [0.1, 0.15) is 77.2 Å². The van der Waals surface area contributed by atoms with Crippen LogP contribution in [0.3, 0.4) is 0 Å². The van der Waals surface area contributed by atoms with Crippen molar-refractivity contribution >= 4 is 35.0 Å². The van der Waals surface area contributed by atoms with Gasteiger partial charge in [-0.15, -0.1) is 23.5 Å². The number of thioether (sulfide) groups is 2. The Morgan fingerprint density at radius 2 is 1.71 bits per heavy atom. The van der Waals surface area contributed by atoms with Crippen molar-refractivity contribution in [2.24, 2.45) is 29.1 Å². The molecule has 6 rings (SSSR count). The van der Waals surface area contributed by atoms with Crippen molar-refractivity contribution in [1.29, 1.82) is 0 Å². The number of ketones is 1. The normalized spacial score (nSPS) is 38.3. The Balaban J connectivity index is 1.38. The molecule has 1 heterocycles. The van der Waals surface area contributed by atoms with Crippen LogP contribution in [0.15, 0.2) is 35.9 Å². The molecule has 184 valence electrons. The Bertz CT molecular complexity index is 961. The zero-order chi connectivity index (χ0) is 23.5. The minimum absolute atomic E-state index is 0.0996. The fourth-order valence-electron chi connectivity index (χ4n) is 8.77. The summed E-state index contributed by atoms with van der Waals surface area (Å²) in [6.45, 7) is 8.91. The number of fused-ring (bicyclic) bond motifs is 5. The highest BCUT2D eigenvalue weighted by atomic mass is 32.2. The van der Waals surface area contributed by atoms with Gasteiger partial charge in [-0.05, 0) is 99.7 Å². The van der Waals surface area contributed by atoms with Crippen LogP contribution < -0.4 is 4.90 Å². The van der Waals surface area contributed by atoms with Gasteiger partial charge in [-0.3, -0.25) is 4.79 Å². The van der Waals surface area contributed by atoms with Crippen molar-refractivity contribution in [2.75, 3.05) is 29.5 Å². The first-order chi connectivity index (χ1) is 16.5. The lowest BCUT2D eigenvalue weighted by Crippen LogP contribution is -2.50. The maximum absolute atomic E-state index is 13.2. The van der Waals surface area contributed by atoms with Gasteiger partial charge >= 0.3 is 0 Å². The van der Waals surface area contributed by atoms with Crippen LogP contribution in [-0.2, 0) is 4.79 Å². The van der Waals surface area contributed by atoms with Gasteiger partial charge in [-0.25, -0.2) is 0 Å². The summed E-state index contributed by atoms with van der Waals surface area (Å²) in [5.74, 6) is 6.50. The second kappa shape index (κ2) is 8.91. The van der Waals surface area contributed by atoms with Gasteiger partial charge in [-0.1, -0.05) is 30.7 Å². The van der Waals surface area contributed by atoms with Crippen LogP contribution in [0, 0.1) is 29.1 Å². The number of benzene rings is 1. The van der Waals surface area contributed by atoms with Gasteiger partial charge < -0.3 is 4.90 Å². The van der Waals surface area contributed by atoms with E-state index in [1.54, 1.807) is 5.57 Å². The molecule has 4 heteroatoms. The fraction of sp³-hybridized carbons (Fsp3) is 0.700. The third kappa shape index (κ3) is 3.64. The summed E-state index contributed by atoms with van der Waals surface area (Å²) in [4.78, 5) is 15.7. The summed E-state index contributed by atoms with van der Waals surface area (Å²) >= 11 is 4.42. The number of rotatable bonds is 4. The quantitative estimate of drug-likeness (QED) is 0.402. The van der Waals surface area contributed by atoms with Crippen LogP contribution in [0.4, 0.5) is 5.69 Å². The first kappa shape index (κ1) is 23.5. The smallest absolute Gasteiger partial charge is 0.139 e. The van der Waals surface area contributed by atoms with Crippen molar-refractivity contribution in [1.82, 2.24) is 0 Å². The third-order valence-electron chi connectivity index (χ3n) is 10.4. The van der Waals surface area contributed by atoms with Crippen LogP contribution in [0.25, 0.3) is 0 Å². The van der Waals surface area contributed by atoms with E-state index in [0.717, 1.165) is 50.1 Å². The zero-order valence-electron chi connectivity index (χ0n) is 21.2. The lowest BCUT2D eigenvalue weighted by Gasteiger charge is -2.56. The first-order valence-electron chi connectivity index (χ1n) is 13.9. The third-order valence-corrected chi connectivity index (χ3v) is 13.8. The Morgan fingerprint density at radius 1 is 0.971 bits per heavy atom. The van der Waals surface area contributed by atoms with Gasteiger partial charge in [-0.2, -0.15) is 0 Å². The maximum Gasteiger partial charge on any atom is 0.139 e. The van der Waals surface area contributed by atoms with E-state index >= 15 is 0 Å². The second-order valence-electron chi connectivity index (χ2n) is 11.7. The van der Waals surface area contributed by atoms with E-state index in [1.807, 2.05) is 0 Å². The van der Waals surface area contributed by atoms with Gasteiger partial charge in [0.2, 0.25) is 0 Å². The molecule has 5 aliphatic rings. The Morgan fingerprint density at radius 3 is 2.41 bits per heavy atom. The molecule has 34 heavy (non-hydrogen) atoms. The number of carbonyl (C=O) groups is 1. The molecule has 1 spiro atoms. The van der Waals surface area contributed by atoms with E-state index < -0.39 is 0 Å². The molecular formula is C30H41NOS2. The number of hydrogen-bond acceptors (Lipinski definition) is 4. The van der Waals surface area contributed by atoms with Crippen LogP contribution in [0.2, 0.25) is 0 Å². The summed E-state index contributed by atoms with van der Waals surface area (Å²) in [6, 6.07) is 9.54. The van der Waals surface area contributed by atoms with E-state index in [0.29, 0.717) is 21.7 Å².